The third-order valence-corrected chi connectivity index (χ3v) is 6.58. The number of pyridine rings is 1. The van der Waals surface area contributed by atoms with Crippen molar-refractivity contribution in [2.75, 3.05) is 38.0 Å². The molecule has 2 aliphatic heterocycles. The molecule has 0 unspecified atom stereocenters. The second-order valence-corrected chi connectivity index (χ2v) is 8.75. The Morgan fingerprint density at radius 1 is 1.20 bits per heavy atom. The molecule has 7 nitrogen and oxygen atoms in total. The lowest BCUT2D eigenvalue weighted by atomic mass is 9.99. The average Bonchev–Trinajstić information content (AvgIpc) is 3.38. The molecule has 2 fully saturated rings. The molecule has 0 bridgehead atoms. The number of thiazole rings is 1. The predicted molar refractivity (Wildman–Crippen MR) is 117 cm³/mol. The molecule has 2 amide bonds. The molecule has 4 heterocycles. The highest BCUT2D eigenvalue weighted by Crippen LogP contribution is 2.30. The van der Waals surface area contributed by atoms with Gasteiger partial charge in [-0.3, -0.25) is 24.8 Å². The van der Waals surface area contributed by atoms with E-state index in [-0.39, 0.29) is 17.7 Å². The van der Waals surface area contributed by atoms with E-state index in [0.717, 1.165) is 55.6 Å². The monoisotopic (exact) mass is 421 g/mol. The number of carbonyl (C=O) groups excluding carboxylic acids is 2. The molecule has 5 rings (SSSR count). The first kappa shape index (κ1) is 19.1. The first-order valence-electron chi connectivity index (χ1n) is 10.3. The van der Waals surface area contributed by atoms with Crippen LogP contribution in [0.1, 0.15) is 34.8 Å². The topological polar surface area (TPSA) is 78.4 Å². The highest BCUT2D eigenvalue weighted by atomic mass is 32.1. The molecule has 1 aromatic carbocycles. The van der Waals surface area contributed by atoms with Gasteiger partial charge in [-0.2, -0.15) is 0 Å². The molecule has 154 valence electrons. The Morgan fingerprint density at radius 3 is 2.83 bits per heavy atom. The number of hydrogen-bond donors (Lipinski definition) is 1. The largest absolute Gasteiger partial charge is 0.341 e. The summed E-state index contributed by atoms with van der Waals surface area (Å²) in [6.07, 6.45) is 3.72. The minimum atomic E-state index is -0.174. The van der Waals surface area contributed by atoms with Gasteiger partial charge in [-0.1, -0.05) is 18.2 Å². The molecule has 0 radical (unpaired) electrons. The number of fused-ring (bicyclic) bond motifs is 1. The second-order valence-electron chi connectivity index (χ2n) is 7.86. The minimum Gasteiger partial charge on any atom is -0.341 e. The minimum absolute atomic E-state index is 0.174. The molecule has 0 aliphatic carbocycles. The van der Waals surface area contributed by atoms with Gasteiger partial charge >= 0.3 is 0 Å². The zero-order chi connectivity index (χ0) is 20.5. The van der Waals surface area contributed by atoms with E-state index in [4.69, 9.17) is 4.98 Å². The van der Waals surface area contributed by atoms with Crippen LogP contribution in [0, 0.1) is 0 Å². The van der Waals surface area contributed by atoms with Crippen LogP contribution in [0.5, 0.6) is 0 Å². The van der Waals surface area contributed by atoms with Crippen molar-refractivity contribution < 1.29 is 9.59 Å². The summed E-state index contributed by atoms with van der Waals surface area (Å²) in [5.41, 5.74) is 2.34. The van der Waals surface area contributed by atoms with E-state index in [1.54, 1.807) is 6.20 Å². The van der Waals surface area contributed by atoms with Crippen LogP contribution >= 0.6 is 11.3 Å². The van der Waals surface area contributed by atoms with Gasteiger partial charge in [0.25, 0.3) is 5.91 Å². The van der Waals surface area contributed by atoms with E-state index >= 15 is 0 Å². The lowest BCUT2D eigenvalue weighted by Gasteiger charge is -2.32. The maximum absolute atomic E-state index is 13.0. The van der Waals surface area contributed by atoms with Crippen LogP contribution in [-0.4, -0.2) is 64.3 Å². The summed E-state index contributed by atoms with van der Waals surface area (Å²) in [6.45, 7) is 3.92. The van der Waals surface area contributed by atoms with Crippen molar-refractivity contribution in [3.05, 3.63) is 53.2 Å². The van der Waals surface area contributed by atoms with Crippen LogP contribution in [0.3, 0.4) is 0 Å². The number of hydrogen-bond acceptors (Lipinski definition) is 6. The SMILES string of the molecule is O=C(Nc1nccs1)c1cc([C@@H]2CCN(CC(=O)N3CCC3)C2)nc2ccccc12. The Kier molecular flexibility index (Phi) is 5.18. The summed E-state index contributed by atoms with van der Waals surface area (Å²) in [6, 6.07) is 9.64. The van der Waals surface area contributed by atoms with Crippen molar-refractivity contribution in [2.45, 2.75) is 18.8 Å². The number of nitrogens with one attached hydrogen (secondary N) is 1. The third-order valence-electron chi connectivity index (χ3n) is 5.89. The molecule has 30 heavy (non-hydrogen) atoms. The van der Waals surface area contributed by atoms with E-state index in [1.807, 2.05) is 40.6 Å². The molecule has 1 atom stereocenters. The number of aromatic nitrogens is 2. The number of nitrogens with zero attached hydrogens (tertiary/aromatic N) is 4. The quantitative estimate of drug-likeness (QED) is 0.685. The molecule has 1 N–H and O–H groups in total. The van der Waals surface area contributed by atoms with Crippen molar-refractivity contribution in [3.8, 4) is 0 Å². The number of carbonyl (C=O) groups is 2. The Labute approximate surface area is 178 Å². The number of anilines is 1. The molecule has 2 aliphatic rings. The normalized spacial score (nSPS) is 19.1. The van der Waals surface area contributed by atoms with Gasteiger partial charge in [0.2, 0.25) is 5.91 Å². The number of amides is 2. The molecular formula is C22H23N5O2S. The van der Waals surface area contributed by atoms with E-state index in [9.17, 15) is 9.59 Å². The fraction of sp³-hybridized carbons (Fsp3) is 0.364. The average molecular weight is 422 g/mol. The van der Waals surface area contributed by atoms with Crippen LogP contribution in [0.15, 0.2) is 41.9 Å². The van der Waals surface area contributed by atoms with Crippen molar-refractivity contribution >= 4 is 39.2 Å². The Balaban J connectivity index is 1.38. The summed E-state index contributed by atoms with van der Waals surface area (Å²) in [4.78, 5) is 38.4. The number of rotatable bonds is 5. The van der Waals surface area contributed by atoms with Crippen molar-refractivity contribution in [3.63, 3.8) is 0 Å². The summed E-state index contributed by atoms with van der Waals surface area (Å²) in [5, 5.41) is 6.14. The highest BCUT2D eigenvalue weighted by Gasteiger charge is 2.30. The van der Waals surface area contributed by atoms with Crippen LogP contribution in [0.25, 0.3) is 10.9 Å². The van der Waals surface area contributed by atoms with Crippen LogP contribution < -0.4 is 5.32 Å². The van der Waals surface area contributed by atoms with E-state index in [0.29, 0.717) is 17.2 Å². The molecular weight excluding hydrogens is 398 g/mol. The maximum Gasteiger partial charge on any atom is 0.258 e. The zero-order valence-electron chi connectivity index (χ0n) is 16.6. The van der Waals surface area contributed by atoms with Gasteiger partial charge in [0.1, 0.15) is 0 Å². The molecule has 8 heteroatoms. The summed E-state index contributed by atoms with van der Waals surface area (Å²) in [7, 11) is 0. The second kappa shape index (κ2) is 8.12. The first-order valence-corrected chi connectivity index (χ1v) is 11.2. The Morgan fingerprint density at radius 2 is 2.07 bits per heavy atom. The zero-order valence-corrected chi connectivity index (χ0v) is 17.4. The van der Waals surface area contributed by atoms with Crippen molar-refractivity contribution in [1.82, 2.24) is 19.8 Å². The van der Waals surface area contributed by atoms with E-state index in [2.05, 4.69) is 15.2 Å². The van der Waals surface area contributed by atoms with E-state index < -0.39 is 0 Å². The summed E-state index contributed by atoms with van der Waals surface area (Å²) >= 11 is 1.39. The van der Waals surface area contributed by atoms with Gasteiger partial charge in [-0.15, -0.1) is 11.3 Å². The van der Waals surface area contributed by atoms with Crippen LogP contribution in [-0.2, 0) is 4.79 Å². The highest BCUT2D eigenvalue weighted by molar-refractivity contribution is 7.13. The van der Waals surface area contributed by atoms with Crippen LogP contribution in [0.4, 0.5) is 5.13 Å². The fourth-order valence-electron chi connectivity index (χ4n) is 4.12. The third kappa shape index (κ3) is 3.80. The molecule has 3 aromatic rings. The fourth-order valence-corrected chi connectivity index (χ4v) is 4.64. The van der Waals surface area contributed by atoms with Crippen molar-refractivity contribution in [2.24, 2.45) is 0 Å². The van der Waals surface area contributed by atoms with Gasteiger partial charge in [-0.05, 0) is 31.5 Å². The Bertz CT molecular complexity index is 1080. The number of benzene rings is 1. The summed E-state index contributed by atoms with van der Waals surface area (Å²) < 4.78 is 0. The van der Waals surface area contributed by atoms with Gasteiger partial charge < -0.3 is 4.90 Å². The standard InChI is InChI=1S/C22H23N5O2S/c28-20(27-8-3-9-27)14-26-10-6-15(13-26)19-12-17(16-4-1-2-5-18(16)24-19)21(29)25-22-23-7-11-30-22/h1-2,4-5,7,11-12,15H,3,6,8-10,13-14H2,(H,23,25,29)/t15-/m1/s1. The number of likely N-dealkylation sites (tertiary alicyclic amines) is 2. The predicted octanol–water partition coefficient (Wildman–Crippen LogP) is 2.97. The van der Waals surface area contributed by atoms with Gasteiger partial charge in [0.05, 0.1) is 17.6 Å². The van der Waals surface area contributed by atoms with Gasteiger partial charge in [-0.25, -0.2) is 4.98 Å². The van der Waals surface area contributed by atoms with E-state index in [1.165, 1.54) is 11.3 Å². The molecule has 0 saturated carbocycles. The van der Waals surface area contributed by atoms with Crippen molar-refractivity contribution in [1.29, 1.82) is 0 Å². The lowest BCUT2D eigenvalue weighted by Crippen LogP contribution is -2.46. The van der Waals surface area contributed by atoms with Crippen LogP contribution in [0.2, 0.25) is 0 Å². The summed E-state index contributed by atoms with van der Waals surface area (Å²) in [5.74, 6) is 0.259. The maximum atomic E-state index is 13.0. The first-order chi connectivity index (χ1) is 14.7. The van der Waals surface area contributed by atoms with Gasteiger partial charge in [0, 0.05) is 48.2 Å². The molecule has 2 aromatic heterocycles. The number of para-hydroxylation sites is 1. The smallest absolute Gasteiger partial charge is 0.258 e. The molecule has 2 saturated heterocycles. The molecule has 0 spiro atoms. The Hall–Kier alpha value is -2.84. The lowest BCUT2D eigenvalue weighted by molar-refractivity contribution is -0.135. The van der Waals surface area contributed by atoms with Gasteiger partial charge in [0.15, 0.2) is 5.13 Å².